The first kappa shape index (κ1) is 22.7. The van der Waals surface area contributed by atoms with Gasteiger partial charge in [-0.15, -0.1) is 10.2 Å². The predicted octanol–water partition coefficient (Wildman–Crippen LogP) is 4.48. The number of pyridine rings is 1. The predicted molar refractivity (Wildman–Crippen MR) is 132 cm³/mol. The quantitative estimate of drug-likeness (QED) is 0.265. The molecule has 0 radical (unpaired) electrons. The Bertz CT molecular complexity index is 1130. The molecule has 168 valence electrons. The summed E-state index contributed by atoms with van der Waals surface area (Å²) in [6, 6.07) is 26.3. The SMILES string of the molecule is O=C(CCCSc1nnc(Cc2ccccc2)n1-c1ccccc1)NCCc1ccccn1. The zero-order valence-corrected chi connectivity index (χ0v) is 19.2. The van der Waals surface area contributed by atoms with Crippen LogP contribution in [0.15, 0.2) is 90.2 Å². The highest BCUT2D eigenvalue weighted by atomic mass is 32.2. The number of rotatable bonds is 11. The number of carbonyl (C=O) groups excluding carboxylic acids is 1. The molecule has 7 heteroatoms. The number of amides is 1. The average molecular weight is 458 g/mol. The van der Waals surface area contributed by atoms with Gasteiger partial charge in [0, 0.05) is 49.1 Å². The summed E-state index contributed by atoms with van der Waals surface area (Å²) in [6.07, 6.45) is 4.49. The Morgan fingerprint density at radius 3 is 2.42 bits per heavy atom. The van der Waals surface area contributed by atoms with E-state index in [2.05, 4.69) is 49.3 Å². The fourth-order valence-electron chi connectivity index (χ4n) is 3.48. The highest BCUT2D eigenvalue weighted by Crippen LogP contribution is 2.24. The van der Waals surface area contributed by atoms with E-state index in [-0.39, 0.29) is 5.91 Å². The van der Waals surface area contributed by atoms with Gasteiger partial charge in [0.2, 0.25) is 5.91 Å². The summed E-state index contributed by atoms with van der Waals surface area (Å²) in [6.45, 7) is 0.605. The van der Waals surface area contributed by atoms with Crippen LogP contribution in [-0.4, -0.2) is 38.0 Å². The van der Waals surface area contributed by atoms with Crippen LogP contribution in [0.2, 0.25) is 0 Å². The molecular formula is C26H27N5OS. The van der Waals surface area contributed by atoms with E-state index in [0.717, 1.165) is 41.0 Å². The third kappa shape index (κ3) is 6.76. The molecule has 1 N–H and O–H groups in total. The van der Waals surface area contributed by atoms with E-state index in [9.17, 15) is 4.79 Å². The molecule has 0 fully saturated rings. The van der Waals surface area contributed by atoms with Crippen LogP contribution in [0.4, 0.5) is 0 Å². The fraction of sp³-hybridized carbons (Fsp3) is 0.231. The zero-order valence-electron chi connectivity index (χ0n) is 18.4. The molecule has 1 amide bonds. The Morgan fingerprint density at radius 2 is 1.67 bits per heavy atom. The molecule has 33 heavy (non-hydrogen) atoms. The standard InChI is InChI=1S/C26H27N5OS/c32-25(28-18-16-22-12-7-8-17-27-22)15-9-19-33-26-30-29-24(20-21-10-3-1-4-11-21)31(26)23-13-5-2-6-14-23/h1-8,10-14,17H,9,15-16,18-20H2,(H,28,32). The zero-order chi connectivity index (χ0) is 22.7. The number of para-hydroxylation sites is 1. The van der Waals surface area contributed by atoms with E-state index in [4.69, 9.17) is 0 Å². The smallest absolute Gasteiger partial charge is 0.220 e. The lowest BCUT2D eigenvalue weighted by Crippen LogP contribution is -2.25. The summed E-state index contributed by atoms with van der Waals surface area (Å²) < 4.78 is 2.12. The molecule has 0 unspecified atom stereocenters. The maximum Gasteiger partial charge on any atom is 0.220 e. The maximum atomic E-state index is 12.2. The van der Waals surface area contributed by atoms with Crippen molar-refractivity contribution in [1.29, 1.82) is 0 Å². The highest BCUT2D eigenvalue weighted by Gasteiger charge is 2.15. The minimum Gasteiger partial charge on any atom is -0.356 e. The van der Waals surface area contributed by atoms with Gasteiger partial charge >= 0.3 is 0 Å². The Labute approximate surface area is 198 Å². The lowest BCUT2D eigenvalue weighted by molar-refractivity contribution is -0.121. The second kappa shape index (κ2) is 12.0. The van der Waals surface area contributed by atoms with Crippen molar-refractivity contribution in [2.45, 2.75) is 30.8 Å². The first-order chi connectivity index (χ1) is 16.3. The highest BCUT2D eigenvalue weighted by molar-refractivity contribution is 7.99. The van der Waals surface area contributed by atoms with Crippen molar-refractivity contribution < 1.29 is 4.79 Å². The van der Waals surface area contributed by atoms with Crippen molar-refractivity contribution in [3.05, 3.63) is 102 Å². The number of carbonyl (C=O) groups is 1. The number of hydrogen-bond acceptors (Lipinski definition) is 5. The first-order valence-corrected chi connectivity index (χ1v) is 12.1. The summed E-state index contributed by atoms with van der Waals surface area (Å²) in [5, 5.41) is 12.8. The van der Waals surface area contributed by atoms with Gasteiger partial charge in [-0.25, -0.2) is 0 Å². The van der Waals surface area contributed by atoms with Crippen molar-refractivity contribution >= 4 is 17.7 Å². The summed E-state index contributed by atoms with van der Waals surface area (Å²) in [7, 11) is 0. The van der Waals surface area contributed by atoms with E-state index >= 15 is 0 Å². The van der Waals surface area contributed by atoms with Crippen molar-refractivity contribution in [3.8, 4) is 5.69 Å². The topological polar surface area (TPSA) is 72.7 Å². The molecule has 0 bridgehead atoms. The molecular weight excluding hydrogens is 430 g/mol. The second-order valence-electron chi connectivity index (χ2n) is 7.61. The minimum absolute atomic E-state index is 0.0702. The van der Waals surface area contributed by atoms with Crippen molar-refractivity contribution in [2.75, 3.05) is 12.3 Å². The molecule has 4 rings (SSSR count). The Kier molecular flexibility index (Phi) is 8.25. The first-order valence-electron chi connectivity index (χ1n) is 11.1. The monoisotopic (exact) mass is 457 g/mol. The lowest BCUT2D eigenvalue weighted by atomic mass is 10.1. The molecule has 0 aliphatic heterocycles. The molecule has 0 saturated carbocycles. The average Bonchev–Trinajstić information content (AvgIpc) is 3.26. The van der Waals surface area contributed by atoms with Crippen LogP contribution in [0.5, 0.6) is 0 Å². The van der Waals surface area contributed by atoms with Gasteiger partial charge in [-0.1, -0.05) is 66.4 Å². The summed E-state index contributed by atoms with van der Waals surface area (Å²) in [5.41, 5.74) is 3.23. The van der Waals surface area contributed by atoms with Gasteiger partial charge in [-0.3, -0.25) is 14.3 Å². The van der Waals surface area contributed by atoms with E-state index in [1.807, 2.05) is 54.6 Å². The summed E-state index contributed by atoms with van der Waals surface area (Å²) >= 11 is 1.64. The molecule has 4 aromatic rings. The van der Waals surface area contributed by atoms with Crippen LogP contribution in [0.1, 0.15) is 29.9 Å². The number of benzene rings is 2. The van der Waals surface area contributed by atoms with Crippen LogP contribution in [0.3, 0.4) is 0 Å². The van der Waals surface area contributed by atoms with E-state index in [1.165, 1.54) is 5.56 Å². The van der Waals surface area contributed by atoms with Gasteiger partial charge in [0.15, 0.2) is 5.16 Å². The summed E-state index contributed by atoms with van der Waals surface area (Å²) in [4.78, 5) is 16.4. The lowest BCUT2D eigenvalue weighted by Gasteiger charge is -2.10. The Morgan fingerprint density at radius 1 is 0.909 bits per heavy atom. The molecule has 6 nitrogen and oxygen atoms in total. The van der Waals surface area contributed by atoms with Crippen LogP contribution in [-0.2, 0) is 17.6 Å². The number of aromatic nitrogens is 4. The van der Waals surface area contributed by atoms with E-state index < -0.39 is 0 Å². The van der Waals surface area contributed by atoms with Gasteiger partial charge in [0.25, 0.3) is 0 Å². The van der Waals surface area contributed by atoms with Gasteiger partial charge in [0.1, 0.15) is 5.82 Å². The van der Waals surface area contributed by atoms with Crippen molar-refractivity contribution in [1.82, 2.24) is 25.1 Å². The molecule has 0 atom stereocenters. The van der Waals surface area contributed by atoms with Crippen LogP contribution < -0.4 is 5.32 Å². The van der Waals surface area contributed by atoms with Crippen LogP contribution >= 0.6 is 11.8 Å². The molecule has 0 saturated heterocycles. The van der Waals surface area contributed by atoms with Gasteiger partial charge in [-0.05, 0) is 36.2 Å². The molecule has 2 aromatic heterocycles. The molecule has 0 spiro atoms. The second-order valence-corrected chi connectivity index (χ2v) is 8.67. The fourth-order valence-corrected chi connectivity index (χ4v) is 4.39. The van der Waals surface area contributed by atoms with Crippen LogP contribution in [0, 0.1) is 0 Å². The van der Waals surface area contributed by atoms with Crippen molar-refractivity contribution in [2.24, 2.45) is 0 Å². The number of nitrogens with one attached hydrogen (secondary N) is 1. The number of hydrogen-bond donors (Lipinski definition) is 1. The molecule has 2 aromatic carbocycles. The molecule has 2 heterocycles. The third-order valence-corrected chi connectivity index (χ3v) is 6.14. The molecule has 0 aliphatic carbocycles. The van der Waals surface area contributed by atoms with Crippen LogP contribution in [0.25, 0.3) is 5.69 Å². The van der Waals surface area contributed by atoms with E-state index in [0.29, 0.717) is 19.4 Å². The molecule has 0 aliphatic rings. The Balaban J connectivity index is 1.31. The van der Waals surface area contributed by atoms with E-state index in [1.54, 1.807) is 18.0 Å². The summed E-state index contributed by atoms with van der Waals surface area (Å²) in [5.74, 6) is 1.77. The van der Waals surface area contributed by atoms with Gasteiger partial charge < -0.3 is 5.32 Å². The minimum atomic E-state index is 0.0702. The van der Waals surface area contributed by atoms with Gasteiger partial charge in [-0.2, -0.15) is 0 Å². The number of thioether (sulfide) groups is 1. The maximum absolute atomic E-state index is 12.2. The van der Waals surface area contributed by atoms with Gasteiger partial charge in [0.05, 0.1) is 0 Å². The normalized spacial score (nSPS) is 10.8. The Hall–Kier alpha value is -3.45. The third-order valence-electron chi connectivity index (χ3n) is 5.13. The van der Waals surface area contributed by atoms with Crippen molar-refractivity contribution in [3.63, 3.8) is 0 Å². The largest absolute Gasteiger partial charge is 0.356 e. The number of nitrogens with zero attached hydrogens (tertiary/aromatic N) is 4.